The molecule has 250 valence electrons. The first kappa shape index (κ1) is 31.3. The molecule has 0 unspecified atom stereocenters. The van der Waals surface area contributed by atoms with E-state index >= 15 is 0 Å². The molecular formula is C51H40S. The fourth-order valence-corrected chi connectivity index (χ4v) is 10.3. The molecule has 52 heavy (non-hydrogen) atoms. The molecule has 2 aliphatic carbocycles. The summed E-state index contributed by atoms with van der Waals surface area (Å²) in [5, 5.41) is 10.8. The van der Waals surface area contributed by atoms with E-state index in [1.165, 1.54) is 103 Å². The quantitative estimate of drug-likeness (QED) is 0.162. The van der Waals surface area contributed by atoms with E-state index in [4.69, 9.17) is 0 Å². The van der Waals surface area contributed by atoms with Crippen LogP contribution in [0.15, 0.2) is 157 Å². The molecule has 0 atom stereocenters. The summed E-state index contributed by atoms with van der Waals surface area (Å²) in [4.78, 5) is 0. The lowest BCUT2D eigenvalue weighted by Gasteiger charge is -2.23. The standard InChI is InChI=1S/C51H40S/c1-32(21-28-38-29-37-27-26-36-30-47-45(31-44(36)50(37)51(38,2)3)39-15-11-12-20-46(39)52-47)33-22-24-35(25-23-33)49-42-18-9-7-16-40(42)48(34-13-5-4-6-14-34)41-17-8-10-19-43(41)49/h4-5,7-13,15-28,30-31H,6,14,29H2,1-3H3/b32-21+,38-28+. The molecule has 0 nitrogen and oxygen atoms in total. The van der Waals surface area contributed by atoms with Gasteiger partial charge in [0.2, 0.25) is 0 Å². The van der Waals surface area contributed by atoms with Crippen LogP contribution in [-0.2, 0) is 11.8 Å². The summed E-state index contributed by atoms with van der Waals surface area (Å²) in [6, 6.07) is 45.7. The van der Waals surface area contributed by atoms with Gasteiger partial charge in [0.15, 0.2) is 0 Å². The minimum atomic E-state index is -0.0484. The van der Waals surface area contributed by atoms with E-state index in [1.54, 1.807) is 0 Å². The zero-order valence-corrected chi connectivity index (χ0v) is 30.8. The molecule has 1 aromatic heterocycles. The predicted molar refractivity (Wildman–Crippen MR) is 229 cm³/mol. The molecule has 0 fully saturated rings. The molecule has 2 aliphatic rings. The fraction of sp³-hybridized carbons (Fsp3) is 0.137. The minimum Gasteiger partial charge on any atom is -0.135 e. The highest BCUT2D eigenvalue weighted by Crippen LogP contribution is 2.48. The highest BCUT2D eigenvalue weighted by molar-refractivity contribution is 7.25. The monoisotopic (exact) mass is 684 g/mol. The number of rotatable bonds is 4. The third kappa shape index (κ3) is 4.87. The lowest BCUT2D eigenvalue weighted by atomic mass is 9.80. The van der Waals surface area contributed by atoms with E-state index in [9.17, 15) is 0 Å². The van der Waals surface area contributed by atoms with Crippen LogP contribution in [0.4, 0.5) is 0 Å². The van der Waals surface area contributed by atoms with Crippen LogP contribution >= 0.6 is 11.3 Å². The Morgan fingerprint density at radius 3 is 2.02 bits per heavy atom. The van der Waals surface area contributed by atoms with Crippen molar-refractivity contribution in [2.45, 2.75) is 45.4 Å². The SMILES string of the molecule is C/C(=C\C=C1/Cc2ccc3cc4sc5ccccc5c4cc3c2C1(C)C)c1ccc(-c2c3ccccc3c(C3=CC=CCC3)c3ccccc23)cc1. The molecule has 1 heterocycles. The first-order valence-corrected chi connectivity index (χ1v) is 19.4. The van der Waals surface area contributed by atoms with Crippen molar-refractivity contribution in [3.05, 3.63) is 180 Å². The molecule has 0 spiro atoms. The van der Waals surface area contributed by atoms with Gasteiger partial charge in [-0.3, -0.25) is 0 Å². The molecule has 0 radical (unpaired) electrons. The first-order chi connectivity index (χ1) is 25.5. The number of fused-ring (bicyclic) bond motifs is 8. The van der Waals surface area contributed by atoms with Crippen LogP contribution < -0.4 is 0 Å². The van der Waals surface area contributed by atoms with Gasteiger partial charge in [-0.25, -0.2) is 0 Å². The van der Waals surface area contributed by atoms with Crippen LogP contribution in [0.1, 0.15) is 55.9 Å². The zero-order valence-electron chi connectivity index (χ0n) is 30.0. The topological polar surface area (TPSA) is 0 Å². The molecule has 7 aromatic carbocycles. The normalized spacial score (nSPS) is 16.5. The number of allylic oxidation sites excluding steroid dienone is 8. The van der Waals surface area contributed by atoms with Crippen LogP contribution in [0.2, 0.25) is 0 Å². The second kappa shape index (κ2) is 12.0. The Morgan fingerprint density at radius 2 is 1.33 bits per heavy atom. The van der Waals surface area contributed by atoms with Crippen LogP contribution in [0.3, 0.4) is 0 Å². The molecule has 0 saturated carbocycles. The fourth-order valence-electron chi connectivity index (χ4n) is 9.15. The maximum atomic E-state index is 2.47. The van der Waals surface area contributed by atoms with Crippen molar-refractivity contribution in [1.82, 2.24) is 0 Å². The molecular weight excluding hydrogens is 645 g/mol. The van der Waals surface area contributed by atoms with Crippen LogP contribution in [0.5, 0.6) is 0 Å². The van der Waals surface area contributed by atoms with Crippen LogP contribution in [-0.4, -0.2) is 0 Å². The highest BCUT2D eigenvalue weighted by atomic mass is 32.1. The van der Waals surface area contributed by atoms with Gasteiger partial charge in [-0.2, -0.15) is 0 Å². The second-order valence-corrected chi connectivity index (χ2v) is 16.3. The molecule has 1 heteroatoms. The number of benzene rings is 7. The molecule has 8 aromatic rings. The Balaban J connectivity index is 1.01. The Morgan fingerprint density at radius 1 is 0.654 bits per heavy atom. The van der Waals surface area contributed by atoms with Gasteiger partial charge in [-0.1, -0.05) is 153 Å². The maximum absolute atomic E-state index is 2.47. The average molecular weight is 685 g/mol. The van der Waals surface area contributed by atoms with E-state index in [0.29, 0.717) is 0 Å². The van der Waals surface area contributed by atoms with Gasteiger partial charge in [-0.05, 0) is 121 Å². The predicted octanol–water partition coefficient (Wildman–Crippen LogP) is 14.8. The van der Waals surface area contributed by atoms with Crippen molar-refractivity contribution in [2.24, 2.45) is 0 Å². The number of thiophene rings is 1. The van der Waals surface area contributed by atoms with Gasteiger partial charge in [0.1, 0.15) is 0 Å². The van der Waals surface area contributed by atoms with Crippen molar-refractivity contribution in [3.8, 4) is 11.1 Å². The Bertz CT molecular complexity index is 2830. The van der Waals surface area contributed by atoms with Gasteiger partial charge in [0.05, 0.1) is 0 Å². The average Bonchev–Trinajstić information content (AvgIpc) is 3.68. The first-order valence-electron chi connectivity index (χ1n) is 18.6. The Hall–Kier alpha value is -5.50. The summed E-state index contributed by atoms with van der Waals surface area (Å²) in [6.07, 6.45) is 14.7. The second-order valence-electron chi connectivity index (χ2n) is 15.2. The Labute approximate surface area is 309 Å². The summed E-state index contributed by atoms with van der Waals surface area (Å²) in [5.74, 6) is 0. The number of hydrogen-bond acceptors (Lipinski definition) is 1. The maximum Gasteiger partial charge on any atom is 0.0361 e. The van der Waals surface area contributed by atoms with Crippen molar-refractivity contribution in [1.29, 1.82) is 0 Å². The van der Waals surface area contributed by atoms with Gasteiger partial charge in [-0.15, -0.1) is 11.3 Å². The minimum absolute atomic E-state index is 0.0484. The zero-order chi connectivity index (χ0) is 35.0. The smallest absolute Gasteiger partial charge is 0.0361 e. The summed E-state index contributed by atoms with van der Waals surface area (Å²) >= 11 is 1.90. The van der Waals surface area contributed by atoms with Gasteiger partial charge >= 0.3 is 0 Å². The van der Waals surface area contributed by atoms with Crippen LogP contribution in [0.25, 0.3) is 74.8 Å². The van der Waals surface area contributed by atoms with Crippen LogP contribution in [0, 0.1) is 0 Å². The van der Waals surface area contributed by atoms with E-state index in [1.807, 2.05) is 11.3 Å². The van der Waals surface area contributed by atoms with E-state index in [-0.39, 0.29) is 5.41 Å². The van der Waals surface area contributed by atoms with E-state index < -0.39 is 0 Å². The molecule has 0 aliphatic heterocycles. The molecule has 10 rings (SSSR count). The molecule has 0 amide bonds. The van der Waals surface area contributed by atoms with E-state index in [0.717, 1.165) is 19.3 Å². The summed E-state index contributed by atoms with van der Waals surface area (Å²) in [6.45, 7) is 7.08. The van der Waals surface area contributed by atoms with Gasteiger partial charge < -0.3 is 0 Å². The summed E-state index contributed by atoms with van der Waals surface area (Å²) < 4.78 is 2.74. The molecule has 0 N–H and O–H groups in total. The third-order valence-corrected chi connectivity index (χ3v) is 13.0. The lowest BCUT2D eigenvalue weighted by Crippen LogP contribution is -2.15. The van der Waals surface area contributed by atoms with Gasteiger partial charge in [0.25, 0.3) is 0 Å². The van der Waals surface area contributed by atoms with Gasteiger partial charge in [0, 0.05) is 25.6 Å². The summed E-state index contributed by atoms with van der Waals surface area (Å²) in [7, 11) is 0. The largest absolute Gasteiger partial charge is 0.135 e. The van der Waals surface area contributed by atoms with Crippen molar-refractivity contribution in [3.63, 3.8) is 0 Å². The van der Waals surface area contributed by atoms with Crippen molar-refractivity contribution < 1.29 is 0 Å². The van der Waals surface area contributed by atoms with Crippen molar-refractivity contribution in [2.75, 3.05) is 0 Å². The van der Waals surface area contributed by atoms with Crippen molar-refractivity contribution >= 4 is 75.0 Å². The molecule has 0 bridgehead atoms. The Kier molecular flexibility index (Phi) is 7.24. The molecule has 0 saturated heterocycles. The number of hydrogen-bond donors (Lipinski definition) is 0. The summed E-state index contributed by atoms with van der Waals surface area (Å²) in [5.41, 5.74) is 12.3. The van der Waals surface area contributed by atoms with E-state index in [2.05, 4.69) is 172 Å². The lowest BCUT2D eigenvalue weighted by molar-refractivity contribution is 0.649. The third-order valence-electron chi connectivity index (χ3n) is 11.8. The highest BCUT2D eigenvalue weighted by Gasteiger charge is 2.36.